The van der Waals surface area contributed by atoms with E-state index in [0.29, 0.717) is 23.7 Å². The number of ether oxygens (including phenoxy) is 1. The van der Waals surface area contributed by atoms with E-state index in [1.807, 2.05) is 18.2 Å². The minimum Gasteiger partial charge on any atom is -0.495 e. The van der Waals surface area contributed by atoms with Crippen LogP contribution in [0.3, 0.4) is 0 Å². The molecule has 0 aliphatic heterocycles. The third kappa shape index (κ3) is 3.05. The maximum Gasteiger partial charge on any atom is 0.160 e. The largest absolute Gasteiger partial charge is 0.495 e. The van der Waals surface area contributed by atoms with Crippen molar-refractivity contribution >= 4 is 5.69 Å². The van der Waals surface area contributed by atoms with Crippen molar-refractivity contribution in [3.63, 3.8) is 0 Å². The highest BCUT2D eigenvalue weighted by atomic mass is 16.5. The van der Waals surface area contributed by atoms with Gasteiger partial charge < -0.3 is 15.2 Å². The van der Waals surface area contributed by atoms with E-state index in [0.717, 1.165) is 0 Å². The van der Waals surface area contributed by atoms with E-state index in [4.69, 9.17) is 9.84 Å². The summed E-state index contributed by atoms with van der Waals surface area (Å²) in [4.78, 5) is 0. The Balaban J connectivity index is 2.18. The molecule has 0 radical (unpaired) electrons. The maximum atomic E-state index is 9.26. The molecule has 1 atom stereocenters. The normalized spacial score (nSPS) is 11.7. The first-order valence-electron chi connectivity index (χ1n) is 6.08. The molecule has 0 saturated heterocycles. The molecule has 0 aliphatic carbocycles. The summed E-state index contributed by atoms with van der Waals surface area (Å²) in [6.07, 6.45) is 1.63. The zero-order chi connectivity index (χ0) is 14.4. The predicted octanol–water partition coefficient (Wildman–Crippen LogP) is 0.956. The molecular weight excluding hydrogens is 258 g/mol. The van der Waals surface area contributed by atoms with Crippen LogP contribution in [0.1, 0.15) is 11.7 Å². The molecule has 1 aromatic heterocycles. The fraction of sp³-hybridized carbons (Fsp3) is 0.308. The number of methoxy groups -OCH3 is 1. The van der Waals surface area contributed by atoms with Crippen LogP contribution in [-0.4, -0.2) is 33.8 Å². The number of aromatic nitrogens is 3. The van der Waals surface area contributed by atoms with E-state index < -0.39 is 6.04 Å². The van der Waals surface area contributed by atoms with Crippen LogP contribution in [0.25, 0.3) is 0 Å². The predicted molar refractivity (Wildman–Crippen MR) is 72.1 cm³/mol. The number of benzene rings is 1. The van der Waals surface area contributed by atoms with Gasteiger partial charge in [-0.25, -0.2) is 4.68 Å². The molecule has 1 heterocycles. The van der Waals surface area contributed by atoms with Gasteiger partial charge in [-0.3, -0.25) is 0 Å². The number of aliphatic hydroxyl groups is 1. The van der Waals surface area contributed by atoms with Gasteiger partial charge in [0, 0.05) is 0 Å². The number of rotatable bonds is 6. The molecule has 2 rings (SSSR count). The van der Waals surface area contributed by atoms with Crippen LogP contribution in [0.5, 0.6) is 5.75 Å². The number of hydrogen-bond donors (Lipinski definition) is 2. The summed E-state index contributed by atoms with van der Waals surface area (Å²) in [7, 11) is 1.57. The van der Waals surface area contributed by atoms with Crippen LogP contribution < -0.4 is 10.1 Å². The highest BCUT2D eigenvalue weighted by Crippen LogP contribution is 2.26. The van der Waals surface area contributed by atoms with Crippen LogP contribution in [0, 0.1) is 11.3 Å². The molecule has 0 spiro atoms. The summed E-state index contributed by atoms with van der Waals surface area (Å²) >= 11 is 0. The van der Waals surface area contributed by atoms with Crippen LogP contribution in [0.15, 0.2) is 30.5 Å². The second-order valence-corrected chi connectivity index (χ2v) is 4.04. The average molecular weight is 273 g/mol. The number of para-hydroxylation sites is 2. The van der Waals surface area contributed by atoms with Gasteiger partial charge in [-0.15, -0.1) is 5.10 Å². The van der Waals surface area contributed by atoms with Gasteiger partial charge >= 0.3 is 0 Å². The van der Waals surface area contributed by atoms with Crippen molar-refractivity contribution in [3.8, 4) is 11.8 Å². The minimum atomic E-state index is -0.640. The van der Waals surface area contributed by atoms with Gasteiger partial charge in [-0.1, -0.05) is 17.3 Å². The van der Waals surface area contributed by atoms with E-state index in [9.17, 15) is 5.26 Å². The van der Waals surface area contributed by atoms with Gasteiger partial charge in [-0.05, 0) is 12.1 Å². The molecule has 1 aromatic carbocycles. The molecule has 0 bridgehead atoms. The van der Waals surface area contributed by atoms with Crippen molar-refractivity contribution in [2.75, 3.05) is 19.0 Å². The van der Waals surface area contributed by atoms with Crippen molar-refractivity contribution in [1.29, 1.82) is 5.26 Å². The number of anilines is 1. The Bertz CT molecular complexity index is 605. The first kappa shape index (κ1) is 13.8. The van der Waals surface area contributed by atoms with Gasteiger partial charge in [0.15, 0.2) is 6.04 Å². The van der Waals surface area contributed by atoms with Crippen molar-refractivity contribution < 1.29 is 9.84 Å². The van der Waals surface area contributed by atoms with Crippen molar-refractivity contribution in [2.45, 2.75) is 12.6 Å². The summed E-state index contributed by atoms with van der Waals surface area (Å²) in [5.41, 5.74) is 1.20. The summed E-state index contributed by atoms with van der Waals surface area (Å²) in [6, 6.07) is 8.81. The molecule has 2 N–H and O–H groups in total. The molecule has 0 fully saturated rings. The Morgan fingerprint density at radius 3 is 3.00 bits per heavy atom. The lowest BCUT2D eigenvalue weighted by Crippen LogP contribution is -2.10. The highest BCUT2D eigenvalue weighted by molar-refractivity contribution is 5.57. The molecule has 0 amide bonds. The van der Waals surface area contributed by atoms with E-state index in [-0.39, 0.29) is 6.61 Å². The highest BCUT2D eigenvalue weighted by Gasteiger charge is 2.16. The lowest BCUT2D eigenvalue weighted by atomic mass is 10.2. The van der Waals surface area contributed by atoms with E-state index >= 15 is 0 Å². The van der Waals surface area contributed by atoms with E-state index in [2.05, 4.69) is 21.7 Å². The number of nitriles is 1. The fourth-order valence-corrected chi connectivity index (χ4v) is 1.75. The minimum absolute atomic E-state index is 0.0278. The lowest BCUT2D eigenvalue weighted by molar-refractivity contribution is 0.268. The van der Waals surface area contributed by atoms with E-state index in [1.54, 1.807) is 19.4 Å². The Kier molecular flexibility index (Phi) is 4.52. The Labute approximate surface area is 116 Å². The fourth-order valence-electron chi connectivity index (χ4n) is 1.75. The van der Waals surface area contributed by atoms with Gasteiger partial charge in [0.25, 0.3) is 0 Å². The standard InChI is InChI=1S/C13H15N5O2/c1-20-13-5-3-2-4-10(13)15-11(8-14)12-9-18(6-7-19)17-16-12/h2-5,9,11,15,19H,6-7H2,1H3. The zero-order valence-electron chi connectivity index (χ0n) is 11.0. The summed E-state index contributed by atoms with van der Waals surface area (Å²) in [5, 5.41) is 28.9. The maximum absolute atomic E-state index is 9.26. The van der Waals surface area contributed by atoms with E-state index in [1.165, 1.54) is 4.68 Å². The summed E-state index contributed by atoms with van der Waals surface area (Å²) in [5.74, 6) is 0.649. The average Bonchev–Trinajstić information content (AvgIpc) is 2.94. The Hall–Kier alpha value is -2.59. The summed E-state index contributed by atoms with van der Waals surface area (Å²) in [6.45, 7) is 0.319. The topological polar surface area (TPSA) is 96.0 Å². The monoisotopic (exact) mass is 273 g/mol. The first-order chi connectivity index (χ1) is 9.78. The van der Waals surface area contributed by atoms with Gasteiger partial charge in [-0.2, -0.15) is 5.26 Å². The van der Waals surface area contributed by atoms with Gasteiger partial charge in [0.1, 0.15) is 11.4 Å². The van der Waals surface area contributed by atoms with Crippen molar-refractivity contribution in [2.24, 2.45) is 0 Å². The molecule has 0 saturated carbocycles. The zero-order valence-corrected chi connectivity index (χ0v) is 11.0. The molecule has 2 aromatic rings. The quantitative estimate of drug-likeness (QED) is 0.813. The molecule has 7 heteroatoms. The molecule has 20 heavy (non-hydrogen) atoms. The molecular formula is C13H15N5O2. The lowest BCUT2D eigenvalue weighted by Gasteiger charge is -2.13. The SMILES string of the molecule is COc1ccccc1NC(C#N)c1cn(CCO)nn1. The molecule has 104 valence electrons. The third-order valence-corrected chi connectivity index (χ3v) is 2.72. The second-order valence-electron chi connectivity index (χ2n) is 4.04. The first-order valence-corrected chi connectivity index (χ1v) is 6.08. The van der Waals surface area contributed by atoms with Crippen molar-refractivity contribution in [3.05, 3.63) is 36.2 Å². The summed E-state index contributed by atoms with van der Waals surface area (Å²) < 4.78 is 6.71. The molecule has 7 nitrogen and oxygen atoms in total. The number of aliphatic hydroxyl groups excluding tert-OH is 1. The van der Waals surface area contributed by atoms with Crippen LogP contribution in [-0.2, 0) is 6.54 Å². The van der Waals surface area contributed by atoms with Crippen LogP contribution >= 0.6 is 0 Å². The Morgan fingerprint density at radius 1 is 1.50 bits per heavy atom. The van der Waals surface area contributed by atoms with Crippen LogP contribution in [0.4, 0.5) is 5.69 Å². The molecule has 0 aliphatic rings. The van der Waals surface area contributed by atoms with Crippen LogP contribution in [0.2, 0.25) is 0 Å². The molecule has 1 unspecified atom stereocenters. The Morgan fingerprint density at radius 2 is 2.30 bits per heavy atom. The number of nitrogens with one attached hydrogen (secondary N) is 1. The second kappa shape index (κ2) is 6.54. The number of hydrogen-bond acceptors (Lipinski definition) is 6. The third-order valence-electron chi connectivity index (χ3n) is 2.72. The van der Waals surface area contributed by atoms with Gasteiger partial charge in [0.2, 0.25) is 0 Å². The smallest absolute Gasteiger partial charge is 0.160 e. The number of nitrogens with zero attached hydrogens (tertiary/aromatic N) is 4. The van der Waals surface area contributed by atoms with Crippen molar-refractivity contribution in [1.82, 2.24) is 15.0 Å². The van der Waals surface area contributed by atoms with Gasteiger partial charge in [0.05, 0.1) is 38.2 Å².